The number of nitrogens with zero attached hydrogens (tertiary/aromatic N) is 2. The van der Waals surface area contributed by atoms with Gasteiger partial charge < -0.3 is 20.3 Å². The number of hydrogen-bond acceptors (Lipinski definition) is 9. The summed E-state index contributed by atoms with van der Waals surface area (Å²) in [5.74, 6) is -2.42. The van der Waals surface area contributed by atoms with Gasteiger partial charge in [-0.05, 0) is 81.8 Å². The zero-order valence-corrected chi connectivity index (χ0v) is 28.8. The number of ether oxygens (including phenoxy) is 1. The smallest absolute Gasteiger partial charge is 0.274 e. The average Bonchev–Trinajstić information content (AvgIpc) is 3.88. The molecule has 0 spiro atoms. The molecule has 3 amide bonds. The van der Waals surface area contributed by atoms with Crippen LogP contribution in [0.15, 0.2) is 60.7 Å². The summed E-state index contributed by atoms with van der Waals surface area (Å²) in [7, 11) is -3.95. The molecule has 49 heavy (non-hydrogen) atoms. The first kappa shape index (κ1) is 33.5. The summed E-state index contributed by atoms with van der Waals surface area (Å²) in [5, 5.41) is 6.59. The highest BCUT2D eigenvalue weighted by molar-refractivity contribution is 7.91. The quantitative estimate of drug-likeness (QED) is 0.301. The van der Waals surface area contributed by atoms with E-state index in [-0.39, 0.29) is 25.3 Å². The molecule has 0 unspecified atom stereocenters. The van der Waals surface area contributed by atoms with Gasteiger partial charge in [-0.2, -0.15) is 0 Å². The van der Waals surface area contributed by atoms with Gasteiger partial charge in [-0.3, -0.25) is 19.1 Å². The van der Waals surface area contributed by atoms with E-state index in [4.69, 9.17) is 4.74 Å². The molecule has 3 heterocycles. The van der Waals surface area contributed by atoms with Crippen LogP contribution >= 0.6 is 11.3 Å². The maximum atomic E-state index is 14.4. The van der Waals surface area contributed by atoms with E-state index in [9.17, 15) is 27.2 Å². The van der Waals surface area contributed by atoms with Crippen molar-refractivity contribution in [2.75, 3.05) is 11.9 Å². The van der Waals surface area contributed by atoms with Crippen molar-refractivity contribution in [1.29, 1.82) is 0 Å². The lowest BCUT2D eigenvalue weighted by molar-refractivity contribution is -0.140. The van der Waals surface area contributed by atoms with Gasteiger partial charge >= 0.3 is 0 Å². The summed E-state index contributed by atoms with van der Waals surface area (Å²) in [4.78, 5) is 48.5. The van der Waals surface area contributed by atoms with Gasteiger partial charge in [0.05, 0.1) is 21.5 Å². The summed E-state index contributed by atoms with van der Waals surface area (Å²) < 4.78 is 48.3. The minimum Gasteiger partial charge on any atom is -0.465 e. The van der Waals surface area contributed by atoms with Crippen LogP contribution in [0.1, 0.15) is 64.7 Å². The van der Waals surface area contributed by atoms with Crippen LogP contribution in [0.4, 0.5) is 10.1 Å². The van der Waals surface area contributed by atoms with Gasteiger partial charge in [0.1, 0.15) is 29.5 Å². The van der Waals surface area contributed by atoms with Crippen LogP contribution in [0.2, 0.25) is 0 Å². The number of fused-ring (bicyclic) bond motifs is 3. The Bertz CT molecular complexity index is 1860. The molecule has 1 saturated heterocycles. The zero-order valence-electron chi connectivity index (χ0n) is 27.2. The van der Waals surface area contributed by atoms with E-state index in [1.54, 1.807) is 19.1 Å². The highest BCUT2D eigenvalue weighted by atomic mass is 32.2. The molecule has 0 bridgehead atoms. The summed E-state index contributed by atoms with van der Waals surface area (Å²) >= 11 is 1.37. The fourth-order valence-electron chi connectivity index (χ4n) is 6.74. The molecule has 0 radical (unpaired) electrons. The number of carbonyl (C=O) groups is 3. The number of para-hydroxylation sites is 1. The largest absolute Gasteiger partial charge is 0.465 e. The molecule has 5 atom stereocenters. The van der Waals surface area contributed by atoms with E-state index in [1.807, 2.05) is 36.4 Å². The number of rotatable bonds is 7. The third-order valence-electron chi connectivity index (χ3n) is 10.2. The molecule has 260 valence electrons. The van der Waals surface area contributed by atoms with Crippen LogP contribution in [-0.4, -0.2) is 71.0 Å². The highest BCUT2D eigenvalue weighted by Gasteiger charge is 2.63. The number of benzene rings is 2. The highest BCUT2D eigenvalue weighted by Crippen LogP contribution is 2.47. The second kappa shape index (κ2) is 13.0. The predicted molar refractivity (Wildman–Crippen MR) is 184 cm³/mol. The first-order chi connectivity index (χ1) is 23.5. The fourth-order valence-corrected chi connectivity index (χ4v) is 8.93. The number of hydrogen-bond donors (Lipinski definition) is 3. The standard InChI is InChI=1S/C35H40FN5O6S2/c1-34(17-18-34)49(45,46)40-32(44)35-20-22(35)9-5-3-2-4-6-11-27(37-24-15-13-23(36)14-16-24)31(43)41-21-25(19-28(41)30(42)39-35)47-33-38-26-10-7-8-12-29(26)48-33/h5,7-10,12-16,22,25,27-28,37H,2-4,6,11,17-21H2,1H3,(H,39,42)(H,40,44)/b9-5-/t22-,25-,27+,28+,35-/m1/s1. The Morgan fingerprint density at radius 1 is 1.10 bits per heavy atom. The number of anilines is 1. The van der Waals surface area contributed by atoms with Crippen LogP contribution in [0.5, 0.6) is 5.19 Å². The van der Waals surface area contributed by atoms with Gasteiger partial charge in [0.15, 0.2) is 0 Å². The van der Waals surface area contributed by atoms with Gasteiger partial charge in [0.2, 0.25) is 21.8 Å². The molecule has 3 aromatic rings. The van der Waals surface area contributed by atoms with Crippen LogP contribution in [0, 0.1) is 11.7 Å². The third-order valence-corrected chi connectivity index (χ3v) is 13.3. The molecule has 2 aliphatic carbocycles. The molecule has 2 aromatic carbocycles. The minimum absolute atomic E-state index is 0.101. The molecule has 3 N–H and O–H groups in total. The molecule has 2 saturated carbocycles. The van der Waals surface area contributed by atoms with Crippen molar-refractivity contribution < 1.29 is 31.9 Å². The Morgan fingerprint density at radius 3 is 2.63 bits per heavy atom. The molecular formula is C35H40FN5O6S2. The maximum absolute atomic E-state index is 14.4. The number of allylic oxidation sites excluding steroid dienone is 1. The van der Waals surface area contributed by atoms with Crippen molar-refractivity contribution in [2.24, 2.45) is 5.92 Å². The van der Waals surface area contributed by atoms with E-state index >= 15 is 0 Å². The number of nitrogens with one attached hydrogen (secondary N) is 3. The predicted octanol–water partition coefficient (Wildman–Crippen LogP) is 4.66. The molecule has 11 nitrogen and oxygen atoms in total. The van der Waals surface area contributed by atoms with Crippen LogP contribution < -0.4 is 20.1 Å². The van der Waals surface area contributed by atoms with Gasteiger partial charge in [0.25, 0.3) is 11.1 Å². The lowest BCUT2D eigenvalue weighted by atomic mass is 10.0. The Balaban J connectivity index is 1.18. The normalized spacial score (nSPS) is 29.1. The first-order valence-electron chi connectivity index (χ1n) is 16.9. The lowest BCUT2D eigenvalue weighted by Crippen LogP contribution is -2.58. The first-order valence-corrected chi connectivity index (χ1v) is 19.2. The number of halogens is 1. The van der Waals surface area contributed by atoms with E-state index in [2.05, 4.69) is 20.3 Å². The van der Waals surface area contributed by atoms with Crippen LogP contribution in [0.25, 0.3) is 10.2 Å². The van der Waals surface area contributed by atoms with Crippen molar-refractivity contribution in [3.05, 3.63) is 66.5 Å². The van der Waals surface area contributed by atoms with Gasteiger partial charge in [-0.25, -0.2) is 17.8 Å². The van der Waals surface area contributed by atoms with Crippen molar-refractivity contribution >= 4 is 55.0 Å². The fraction of sp³-hybridized carbons (Fsp3) is 0.486. The third kappa shape index (κ3) is 6.89. The number of amides is 3. The van der Waals surface area contributed by atoms with E-state index < -0.39 is 62.0 Å². The van der Waals surface area contributed by atoms with E-state index in [0.717, 1.165) is 35.9 Å². The van der Waals surface area contributed by atoms with Gasteiger partial charge in [-0.1, -0.05) is 48.5 Å². The molecule has 2 aliphatic heterocycles. The average molecular weight is 710 g/mol. The van der Waals surface area contributed by atoms with Crippen LogP contribution in [0.3, 0.4) is 0 Å². The second-order valence-electron chi connectivity index (χ2n) is 13.9. The topological polar surface area (TPSA) is 147 Å². The van der Waals surface area contributed by atoms with Gasteiger partial charge in [-0.15, -0.1) is 0 Å². The molecule has 14 heteroatoms. The number of thiazole rings is 1. The number of aromatic nitrogens is 1. The zero-order chi connectivity index (χ0) is 34.4. The monoisotopic (exact) mass is 709 g/mol. The summed E-state index contributed by atoms with van der Waals surface area (Å²) in [6.07, 6.45) is 8.26. The Hall–Kier alpha value is -4.04. The van der Waals surface area contributed by atoms with E-state index in [1.165, 1.54) is 28.4 Å². The summed E-state index contributed by atoms with van der Waals surface area (Å²) in [5.41, 5.74) is -0.105. The maximum Gasteiger partial charge on any atom is 0.274 e. The van der Waals surface area contributed by atoms with Crippen LogP contribution in [-0.2, 0) is 24.4 Å². The molecular weight excluding hydrogens is 670 g/mol. The van der Waals surface area contributed by atoms with Crippen molar-refractivity contribution in [3.63, 3.8) is 0 Å². The molecule has 4 aliphatic rings. The Kier molecular flexibility index (Phi) is 8.89. The number of carbonyl (C=O) groups excluding carboxylic acids is 3. The summed E-state index contributed by atoms with van der Waals surface area (Å²) in [6.45, 7) is 1.70. The van der Waals surface area contributed by atoms with E-state index in [0.29, 0.717) is 30.1 Å². The van der Waals surface area contributed by atoms with Crippen molar-refractivity contribution in [2.45, 2.75) is 93.2 Å². The lowest BCUT2D eigenvalue weighted by Gasteiger charge is -2.30. The SMILES string of the molecule is CC1(S(=O)(=O)NC(=O)[C@@]23C[C@H]2/C=C\CCCCC[C@H](Nc2ccc(F)cc2)C(=O)N2C[C@H](Oc4nc5ccccc5s4)C[C@H]2C(=O)N3)CC1. The van der Waals surface area contributed by atoms with Crippen molar-refractivity contribution in [3.8, 4) is 5.19 Å². The molecule has 7 rings (SSSR count). The second-order valence-corrected chi connectivity index (χ2v) is 17.0. The molecule has 1 aromatic heterocycles. The van der Waals surface area contributed by atoms with Crippen molar-refractivity contribution in [1.82, 2.24) is 19.9 Å². The Labute approximate surface area is 288 Å². The number of sulfonamides is 1. The van der Waals surface area contributed by atoms with Gasteiger partial charge in [0, 0.05) is 18.0 Å². The summed E-state index contributed by atoms with van der Waals surface area (Å²) in [6, 6.07) is 11.7. The molecule has 3 fully saturated rings. The Morgan fingerprint density at radius 2 is 1.88 bits per heavy atom. The minimum atomic E-state index is -3.95.